The van der Waals surface area contributed by atoms with E-state index < -0.39 is 17.5 Å². The lowest BCUT2D eigenvalue weighted by molar-refractivity contribution is 0.0956. The number of H-pyrrole nitrogens is 1. The molecular weight excluding hydrogens is 413 g/mol. The molecule has 1 fully saturated rings. The molecule has 1 amide bonds. The van der Waals surface area contributed by atoms with E-state index in [1.165, 1.54) is 37.6 Å². The molecular formula is C19H20FN5O4S. The van der Waals surface area contributed by atoms with E-state index in [1.54, 1.807) is 0 Å². The van der Waals surface area contributed by atoms with Crippen LogP contribution in [-0.4, -0.2) is 51.6 Å². The molecule has 1 atom stereocenters. The Morgan fingerprint density at radius 3 is 2.97 bits per heavy atom. The number of carbonyl (C=O) groups excluding carboxylic acids is 1. The average molecular weight is 433 g/mol. The highest BCUT2D eigenvalue weighted by Gasteiger charge is 2.26. The maximum Gasteiger partial charge on any atom is 0.328 e. The van der Waals surface area contributed by atoms with Gasteiger partial charge >= 0.3 is 5.69 Å². The van der Waals surface area contributed by atoms with E-state index in [9.17, 15) is 18.8 Å². The Balaban J connectivity index is 1.42. The quantitative estimate of drug-likeness (QED) is 0.577. The van der Waals surface area contributed by atoms with Crippen molar-refractivity contribution < 1.29 is 13.9 Å². The van der Waals surface area contributed by atoms with Gasteiger partial charge in [0.2, 0.25) is 0 Å². The predicted molar refractivity (Wildman–Crippen MR) is 110 cm³/mol. The molecule has 1 saturated heterocycles. The number of hydrogen-bond donors (Lipinski definition) is 2. The third-order valence-corrected chi connectivity index (χ3v) is 6.11. The average Bonchev–Trinajstić information content (AvgIpc) is 3.34. The molecule has 1 aliphatic rings. The van der Waals surface area contributed by atoms with Gasteiger partial charge in [-0.1, -0.05) is 0 Å². The number of pyridine rings is 1. The number of fused-ring (bicyclic) bond motifs is 1. The summed E-state index contributed by atoms with van der Waals surface area (Å²) in [5.41, 5.74) is -0.218. The molecule has 2 N–H and O–H groups in total. The van der Waals surface area contributed by atoms with Gasteiger partial charge in [0.25, 0.3) is 17.4 Å². The number of aromatic nitrogens is 3. The minimum atomic E-state index is -0.821. The number of nitrogens with zero attached hydrogens (tertiary/aromatic N) is 3. The maximum atomic E-state index is 14.2. The van der Waals surface area contributed by atoms with E-state index in [4.69, 9.17) is 4.74 Å². The fourth-order valence-corrected chi connectivity index (χ4v) is 4.55. The van der Waals surface area contributed by atoms with Crippen molar-refractivity contribution in [3.05, 3.63) is 55.6 Å². The monoisotopic (exact) mass is 433 g/mol. The zero-order valence-corrected chi connectivity index (χ0v) is 17.2. The maximum absolute atomic E-state index is 14.2. The number of carbonyl (C=O) groups is 1. The zero-order valence-electron chi connectivity index (χ0n) is 16.4. The molecule has 9 nitrogen and oxygen atoms in total. The van der Waals surface area contributed by atoms with Crippen LogP contribution in [0.4, 0.5) is 4.39 Å². The third-order valence-electron chi connectivity index (χ3n) is 5.00. The van der Waals surface area contributed by atoms with Gasteiger partial charge in [-0.25, -0.2) is 9.78 Å². The Morgan fingerprint density at radius 2 is 2.23 bits per heavy atom. The topological polar surface area (TPSA) is 109 Å². The minimum Gasteiger partial charge on any atom is -0.484 e. The van der Waals surface area contributed by atoms with Crippen molar-refractivity contribution >= 4 is 27.5 Å². The highest BCUT2D eigenvalue weighted by Crippen LogP contribution is 2.25. The fraction of sp³-hybridized carbons (Fsp3) is 0.368. The summed E-state index contributed by atoms with van der Waals surface area (Å²) in [5, 5.41) is 2.39. The van der Waals surface area contributed by atoms with Crippen molar-refractivity contribution in [3.63, 3.8) is 0 Å². The molecule has 3 aromatic rings. The summed E-state index contributed by atoms with van der Waals surface area (Å²) in [7, 11) is 2.89. The number of nitrogens with one attached hydrogen (secondary N) is 2. The van der Waals surface area contributed by atoms with Crippen molar-refractivity contribution in [2.75, 3.05) is 20.1 Å². The molecule has 0 saturated carbocycles. The number of hydrogen-bond acceptors (Lipinski definition) is 7. The van der Waals surface area contributed by atoms with Crippen LogP contribution in [0.5, 0.6) is 5.75 Å². The first kappa shape index (κ1) is 20.2. The normalized spacial score (nSPS) is 16.8. The summed E-state index contributed by atoms with van der Waals surface area (Å²) in [6, 6.07) is 4.65. The van der Waals surface area contributed by atoms with Crippen LogP contribution in [0.25, 0.3) is 10.2 Å². The Labute approximate surface area is 174 Å². The molecule has 158 valence electrons. The van der Waals surface area contributed by atoms with Gasteiger partial charge in [-0.2, -0.15) is 4.39 Å². The molecule has 30 heavy (non-hydrogen) atoms. The van der Waals surface area contributed by atoms with Crippen LogP contribution in [0.2, 0.25) is 0 Å². The molecule has 0 aliphatic carbocycles. The van der Waals surface area contributed by atoms with Crippen molar-refractivity contribution in [3.8, 4) is 5.75 Å². The minimum absolute atomic E-state index is 0.00987. The Bertz CT molecular complexity index is 1230. The third kappa shape index (κ3) is 3.85. The van der Waals surface area contributed by atoms with Gasteiger partial charge in [-0.3, -0.25) is 19.1 Å². The molecule has 3 aromatic heterocycles. The number of halogens is 1. The lowest BCUT2D eigenvalue weighted by Crippen LogP contribution is -2.31. The van der Waals surface area contributed by atoms with Crippen molar-refractivity contribution in [2.45, 2.75) is 19.1 Å². The van der Waals surface area contributed by atoms with E-state index in [1.807, 2.05) is 6.07 Å². The lowest BCUT2D eigenvalue weighted by atomic mass is 10.3. The van der Waals surface area contributed by atoms with Gasteiger partial charge in [0.05, 0.1) is 5.52 Å². The lowest BCUT2D eigenvalue weighted by Gasteiger charge is -2.16. The second kappa shape index (κ2) is 8.00. The van der Waals surface area contributed by atoms with E-state index >= 15 is 0 Å². The summed E-state index contributed by atoms with van der Waals surface area (Å²) in [6.07, 6.45) is 0.495. The van der Waals surface area contributed by atoms with Crippen molar-refractivity contribution in [2.24, 2.45) is 7.05 Å². The van der Waals surface area contributed by atoms with Gasteiger partial charge in [0.1, 0.15) is 16.5 Å². The summed E-state index contributed by atoms with van der Waals surface area (Å²) < 4.78 is 21.5. The molecule has 1 aliphatic heterocycles. The first-order chi connectivity index (χ1) is 14.4. The van der Waals surface area contributed by atoms with Gasteiger partial charge in [-0.15, -0.1) is 11.3 Å². The van der Waals surface area contributed by atoms with Crippen LogP contribution < -0.4 is 21.3 Å². The number of amides is 1. The molecule has 1 unspecified atom stereocenters. The molecule has 11 heteroatoms. The first-order valence-corrected chi connectivity index (χ1v) is 10.2. The van der Waals surface area contributed by atoms with Crippen LogP contribution in [0.3, 0.4) is 0 Å². The molecule has 4 heterocycles. The Morgan fingerprint density at radius 1 is 1.43 bits per heavy atom. The summed E-state index contributed by atoms with van der Waals surface area (Å²) in [4.78, 5) is 45.0. The Hall–Kier alpha value is -3.05. The second-order valence-electron chi connectivity index (χ2n) is 7.08. The van der Waals surface area contributed by atoms with Crippen LogP contribution in [0.15, 0.2) is 27.8 Å². The Kier molecular flexibility index (Phi) is 5.39. The van der Waals surface area contributed by atoms with E-state index in [2.05, 4.69) is 20.2 Å². The number of aromatic amines is 1. The first-order valence-electron chi connectivity index (χ1n) is 9.35. The number of likely N-dealkylation sites (tertiary alicyclic amines) is 1. The number of rotatable bonds is 5. The second-order valence-corrected chi connectivity index (χ2v) is 8.21. The summed E-state index contributed by atoms with van der Waals surface area (Å²) >= 11 is 1.35. The van der Waals surface area contributed by atoms with Crippen LogP contribution in [0, 0.1) is 5.95 Å². The molecule has 0 spiro atoms. The van der Waals surface area contributed by atoms with E-state index in [0.29, 0.717) is 29.7 Å². The predicted octanol–water partition coefficient (Wildman–Crippen LogP) is 0.835. The van der Waals surface area contributed by atoms with Crippen molar-refractivity contribution in [1.29, 1.82) is 0 Å². The van der Waals surface area contributed by atoms with Crippen LogP contribution in [0.1, 0.15) is 21.8 Å². The van der Waals surface area contributed by atoms with Gasteiger partial charge < -0.3 is 15.0 Å². The van der Waals surface area contributed by atoms with E-state index in [0.717, 1.165) is 16.0 Å². The molecule has 0 radical (unpaired) electrons. The van der Waals surface area contributed by atoms with Gasteiger partial charge in [0.15, 0.2) is 5.75 Å². The fourth-order valence-electron chi connectivity index (χ4n) is 3.42. The molecule has 4 rings (SSSR count). The van der Waals surface area contributed by atoms with Crippen LogP contribution >= 0.6 is 11.3 Å². The highest BCUT2D eigenvalue weighted by molar-refractivity contribution is 7.18. The standard InChI is InChI=1S/C19H20FN5O4S/c1-21-17(26)12-3-4-14(16(20)22-12)29-10-5-6-25(8-10)9-11-7-13-15(30-11)18(27)24(2)19(28)23-13/h3-4,7,10H,5-6,8-9H2,1-2H3,(H,21,26)(H,23,28). The summed E-state index contributed by atoms with van der Waals surface area (Å²) in [6.45, 7) is 1.93. The van der Waals surface area contributed by atoms with Crippen molar-refractivity contribution in [1.82, 2.24) is 24.8 Å². The van der Waals surface area contributed by atoms with Gasteiger partial charge in [-0.05, 0) is 24.6 Å². The molecule has 0 aromatic carbocycles. The summed E-state index contributed by atoms with van der Waals surface area (Å²) in [5.74, 6) is -1.27. The van der Waals surface area contributed by atoms with Crippen LogP contribution in [-0.2, 0) is 13.6 Å². The number of thiophene rings is 1. The van der Waals surface area contributed by atoms with Gasteiger partial charge in [0, 0.05) is 38.6 Å². The highest BCUT2D eigenvalue weighted by atomic mass is 32.1. The van der Waals surface area contributed by atoms with E-state index in [-0.39, 0.29) is 23.1 Å². The smallest absolute Gasteiger partial charge is 0.328 e. The zero-order chi connectivity index (χ0) is 21.4. The largest absolute Gasteiger partial charge is 0.484 e. The molecule has 0 bridgehead atoms. The number of ether oxygens (including phenoxy) is 1. The SMILES string of the molecule is CNC(=O)c1ccc(OC2CCN(Cc3cc4[nH]c(=O)n(C)c(=O)c4s3)C2)c(F)n1.